The van der Waals surface area contributed by atoms with Crippen molar-refractivity contribution in [2.45, 2.75) is 98.8 Å². The summed E-state index contributed by atoms with van der Waals surface area (Å²) in [7, 11) is 3.01. The quantitative estimate of drug-likeness (QED) is 0.107. The number of hydrogen-bond acceptors (Lipinski definition) is 6. The summed E-state index contributed by atoms with van der Waals surface area (Å²) in [6.07, 6.45) is 3.86. The van der Waals surface area contributed by atoms with Crippen LogP contribution >= 0.6 is 0 Å². The van der Waals surface area contributed by atoms with E-state index in [0.29, 0.717) is 30.1 Å². The molecule has 1 unspecified atom stereocenters. The number of halogens is 1. The minimum atomic E-state index is -0.736. The molecule has 0 spiro atoms. The van der Waals surface area contributed by atoms with Gasteiger partial charge in [0.2, 0.25) is 17.8 Å². The summed E-state index contributed by atoms with van der Waals surface area (Å²) in [4.78, 5) is 57.1. The van der Waals surface area contributed by atoms with Crippen LogP contribution in [0.3, 0.4) is 0 Å². The largest absolute Gasteiger partial charge is 0.453 e. The normalized spacial score (nSPS) is 13.2. The van der Waals surface area contributed by atoms with Crippen LogP contribution in [0.4, 0.5) is 9.18 Å². The van der Waals surface area contributed by atoms with Gasteiger partial charge in [-0.2, -0.15) is 4.39 Å². The second kappa shape index (κ2) is 18.0. The molecule has 3 atom stereocenters. The van der Waals surface area contributed by atoms with E-state index in [1.54, 1.807) is 23.0 Å². The van der Waals surface area contributed by atoms with Gasteiger partial charge < -0.3 is 29.8 Å². The molecule has 0 aliphatic rings. The van der Waals surface area contributed by atoms with Crippen molar-refractivity contribution in [2.24, 2.45) is 11.8 Å². The number of aromatic amines is 2. The molecule has 2 aromatic carbocycles. The monoisotopic (exact) mass is 715 g/mol. The fraction of sp³-hybridized carbons (Fsp3) is 0.475. The zero-order valence-electron chi connectivity index (χ0n) is 31.9. The summed E-state index contributed by atoms with van der Waals surface area (Å²) < 4.78 is 19.8. The average Bonchev–Trinajstić information content (AvgIpc) is 3.77. The zero-order valence-corrected chi connectivity index (χ0v) is 31.9. The molecule has 3 N–H and O–H groups in total. The molecule has 0 fully saturated rings. The number of aromatic nitrogens is 4. The number of likely N-dealkylation sites (N-methyl/N-ethyl adjacent to an activating group) is 1. The zero-order chi connectivity index (χ0) is 38.1. The number of carbonyl (C=O) groups is 3. The van der Waals surface area contributed by atoms with Gasteiger partial charge in [0.05, 0.1) is 31.6 Å². The number of benzene rings is 2. The van der Waals surface area contributed by atoms with Crippen molar-refractivity contribution in [1.82, 2.24) is 35.1 Å². The molecule has 12 heteroatoms. The summed E-state index contributed by atoms with van der Waals surface area (Å²) >= 11 is 0. The molecule has 280 valence electrons. The van der Waals surface area contributed by atoms with Gasteiger partial charge in [-0.25, -0.2) is 14.8 Å². The lowest BCUT2D eigenvalue weighted by atomic mass is 10.0. The maximum Gasteiger partial charge on any atom is 0.407 e. The third-order valence-corrected chi connectivity index (χ3v) is 9.42. The van der Waals surface area contributed by atoms with E-state index in [4.69, 9.17) is 4.74 Å². The van der Waals surface area contributed by atoms with Crippen LogP contribution in [0.5, 0.6) is 0 Å². The summed E-state index contributed by atoms with van der Waals surface area (Å²) in [6.45, 7) is 14.1. The molecule has 11 nitrogen and oxygen atoms in total. The van der Waals surface area contributed by atoms with Gasteiger partial charge >= 0.3 is 6.09 Å². The number of amides is 3. The molecular weight excluding hydrogens is 661 g/mol. The Bertz CT molecular complexity index is 1780. The minimum Gasteiger partial charge on any atom is -0.453 e. The molecule has 0 aliphatic heterocycles. The van der Waals surface area contributed by atoms with Gasteiger partial charge in [0.1, 0.15) is 23.4 Å². The van der Waals surface area contributed by atoms with Crippen LogP contribution in [-0.4, -0.2) is 73.9 Å². The number of nitrogens with zero attached hydrogens (tertiary/aromatic N) is 4. The standard InChI is InChI=1S/C40H54FN7O4/c1-10-12-32(47(8)39(50)35(25(5)6)46-40(51)52-9)38-42-22-31(43-38)29-17-13-27(14-18-29)28-15-19-30(20-16-28)36-37(41)45-33(44-36)23-48(26(7)11-2)34(49)21-24(3)4/h13-20,22,24-26,32,35H,10-12,21,23H2,1-9H3,(H,42,43)(H,44,45)(H,46,51)/t26-,32-,35?/m0/s1. The number of alkyl carbamates (subject to hydrolysis) is 1. The minimum absolute atomic E-state index is 0.0139. The molecular formula is C40H54FN7O4. The van der Waals surface area contributed by atoms with E-state index in [9.17, 15) is 14.4 Å². The summed E-state index contributed by atoms with van der Waals surface area (Å²) in [5.74, 6) is 0.467. The van der Waals surface area contributed by atoms with Gasteiger partial charge in [-0.15, -0.1) is 0 Å². The third kappa shape index (κ3) is 9.65. The first kappa shape index (κ1) is 39.8. The Morgan fingerprint density at radius 3 is 2.04 bits per heavy atom. The van der Waals surface area contributed by atoms with Crippen molar-refractivity contribution < 1.29 is 23.5 Å². The molecule has 2 aromatic heterocycles. The third-order valence-electron chi connectivity index (χ3n) is 9.42. The van der Waals surface area contributed by atoms with Gasteiger partial charge in [0.25, 0.3) is 0 Å². The fourth-order valence-corrected chi connectivity index (χ4v) is 6.18. The Morgan fingerprint density at radius 1 is 0.904 bits per heavy atom. The number of imidazole rings is 2. The molecule has 0 saturated carbocycles. The van der Waals surface area contributed by atoms with Crippen molar-refractivity contribution in [3.63, 3.8) is 0 Å². The summed E-state index contributed by atoms with van der Waals surface area (Å²) in [5, 5.41) is 2.66. The van der Waals surface area contributed by atoms with E-state index in [1.165, 1.54) is 7.11 Å². The topological polar surface area (TPSA) is 136 Å². The van der Waals surface area contributed by atoms with Crippen LogP contribution in [0.1, 0.15) is 91.8 Å². The van der Waals surface area contributed by atoms with Gasteiger partial charge in [0.15, 0.2) is 0 Å². The van der Waals surface area contributed by atoms with Crippen LogP contribution in [0.25, 0.3) is 33.6 Å². The Labute approximate surface area is 306 Å². The molecule has 3 amide bonds. The highest BCUT2D eigenvalue weighted by Crippen LogP contribution is 2.30. The van der Waals surface area contributed by atoms with Crippen molar-refractivity contribution in [2.75, 3.05) is 14.2 Å². The van der Waals surface area contributed by atoms with Gasteiger partial charge in [-0.1, -0.05) is 96.5 Å². The Morgan fingerprint density at radius 2 is 1.50 bits per heavy atom. The van der Waals surface area contributed by atoms with E-state index in [1.807, 2.05) is 90.1 Å². The first-order chi connectivity index (χ1) is 24.8. The lowest BCUT2D eigenvalue weighted by Gasteiger charge is -2.31. The Balaban J connectivity index is 1.48. The van der Waals surface area contributed by atoms with Crippen LogP contribution in [0.15, 0.2) is 54.7 Å². The second-order valence-corrected chi connectivity index (χ2v) is 14.2. The number of methoxy groups -OCH3 is 1. The SMILES string of the molecule is CCC[C@@H](c1ncc(-c2ccc(-c3ccc(-c4nc(CN(C(=O)CC(C)C)[C@@H](C)CC)[nH]c4F)cc3)cc2)[nH]1)N(C)C(=O)C(NC(=O)OC)C(C)C. The number of ether oxygens (including phenoxy) is 1. The number of nitrogens with one attached hydrogen (secondary N) is 3. The molecule has 52 heavy (non-hydrogen) atoms. The first-order valence-corrected chi connectivity index (χ1v) is 18.2. The molecule has 2 heterocycles. The molecule has 4 aromatic rings. The predicted molar refractivity (Wildman–Crippen MR) is 201 cm³/mol. The fourth-order valence-electron chi connectivity index (χ4n) is 6.18. The van der Waals surface area contributed by atoms with Crippen molar-refractivity contribution in [3.8, 4) is 33.6 Å². The van der Waals surface area contributed by atoms with Crippen molar-refractivity contribution >= 4 is 17.9 Å². The molecule has 0 bridgehead atoms. The van der Waals surface area contributed by atoms with Crippen LogP contribution < -0.4 is 5.32 Å². The highest BCUT2D eigenvalue weighted by Gasteiger charge is 2.32. The average molecular weight is 716 g/mol. The second-order valence-electron chi connectivity index (χ2n) is 14.2. The van der Waals surface area contributed by atoms with Crippen LogP contribution in [-0.2, 0) is 20.9 Å². The van der Waals surface area contributed by atoms with Crippen LogP contribution in [0, 0.1) is 17.8 Å². The summed E-state index contributed by atoms with van der Waals surface area (Å²) in [6, 6.07) is 14.6. The van der Waals surface area contributed by atoms with Crippen molar-refractivity contribution in [3.05, 3.63) is 72.3 Å². The maximum absolute atomic E-state index is 15.1. The predicted octanol–water partition coefficient (Wildman–Crippen LogP) is 8.13. The number of carbonyl (C=O) groups excluding carboxylic acids is 3. The lowest BCUT2D eigenvalue weighted by molar-refractivity contribution is -0.136. The van der Waals surface area contributed by atoms with Crippen LogP contribution in [0.2, 0.25) is 0 Å². The van der Waals surface area contributed by atoms with E-state index >= 15 is 4.39 Å². The highest BCUT2D eigenvalue weighted by atomic mass is 19.1. The smallest absolute Gasteiger partial charge is 0.407 e. The molecule has 0 radical (unpaired) electrons. The molecule has 0 aliphatic carbocycles. The van der Waals surface area contributed by atoms with Gasteiger partial charge in [-0.05, 0) is 48.3 Å². The number of H-pyrrole nitrogens is 2. The first-order valence-electron chi connectivity index (χ1n) is 18.2. The number of rotatable bonds is 16. The lowest BCUT2D eigenvalue weighted by Crippen LogP contribution is -2.51. The van der Waals surface area contributed by atoms with E-state index in [2.05, 4.69) is 32.2 Å². The summed E-state index contributed by atoms with van der Waals surface area (Å²) in [5.41, 5.74) is 4.55. The van der Waals surface area contributed by atoms with Crippen molar-refractivity contribution in [1.29, 1.82) is 0 Å². The van der Waals surface area contributed by atoms with E-state index in [0.717, 1.165) is 35.2 Å². The Hall–Kier alpha value is -5.00. The van der Waals surface area contributed by atoms with E-state index in [-0.39, 0.29) is 48.0 Å². The number of hydrogen-bond donors (Lipinski definition) is 3. The van der Waals surface area contributed by atoms with Gasteiger partial charge in [0, 0.05) is 25.1 Å². The maximum atomic E-state index is 15.1. The molecule has 4 rings (SSSR count). The van der Waals surface area contributed by atoms with Gasteiger partial charge in [-0.3, -0.25) is 9.59 Å². The Kier molecular flexibility index (Phi) is 13.7. The highest BCUT2D eigenvalue weighted by molar-refractivity contribution is 5.86. The van der Waals surface area contributed by atoms with E-state index < -0.39 is 18.1 Å². The molecule has 0 saturated heterocycles.